The molecule has 0 aliphatic carbocycles. The van der Waals surface area contributed by atoms with E-state index in [1.807, 2.05) is 0 Å². The SMILES string of the molecule is O=C(Nc1ccc(-n2cnnn2)cc1)C1CNC(=O)N(Cc2ccccc2Cl)C1=O. The molecule has 1 atom stereocenters. The molecule has 0 radical (unpaired) electrons. The topological polar surface area (TPSA) is 122 Å². The summed E-state index contributed by atoms with van der Waals surface area (Å²) in [5, 5.41) is 16.6. The average molecular weight is 426 g/mol. The number of urea groups is 1. The molecule has 1 fully saturated rings. The Morgan fingerprint density at radius 1 is 1.17 bits per heavy atom. The van der Waals surface area contributed by atoms with Gasteiger partial charge < -0.3 is 10.6 Å². The Morgan fingerprint density at radius 3 is 2.63 bits per heavy atom. The molecular formula is C19H16ClN7O3. The number of benzene rings is 2. The summed E-state index contributed by atoms with van der Waals surface area (Å²) in [6.45, 7) is -0.0972. The van der Waals surface area contributed by atoms with Gasteiger partial charge in [-0.15, -0.1) is 5.10 Å². The van der Waals surface area contributed by atoms with Crippen molar-refractivity contribution < 1.29 is 14.4 Å². The van der Waals surface area contributed by atoms with Crippen molar-refractivity contribution in [2.75, 3.05) is 11.9 Å². The maximum atomic E-state index is 12.8. The smallest absolute Gasteiger partial charge is 0.324 e. The summed E-state index contributed by atoms with van der Waals surface area (Å²) in [5.41, 5.74) is 1.83. The Bertz CT molecular complexity index is 1090. The number of halogens is 1. The van der Waals surface area contributed by atoms with Crippen molar-refractivity contribution in [3.8, 4) is 5.69 Å². The molecule has 1 aliphatic heterocycles. The summed E-state index contributed by atoms with van der Waals surface area (Å²) in [7, 11) is 0. The Morgan fingerprint density at radius 2 is 1.93 bits per heavy atom. The summed E-state index contributed by atoms with van der Waals surface area (Å²) < 4.78 is 1.47. The van der Waals surface area contributed by atoms with Crippen LogP contribution in [-0.2, 0) is 16.1 Å². The molecule has 2 N–H and O–H groups in total. The molecule has 2 heterocycles. The second-order valence-electron chi connectivity index (χ2n) is 6.54. The quantitative estimate of drug-likeness (QED) is 0.599. The maximum absolute atomic E-state index is 12.8. The molecule has 1 saturated heterocycles. The van der Waals surface area contributed by atoms with Gasteiger partial charge in [0.2, 0.25) is 11.8 Å². The van der Waals surface area contributed by atoms with Gasteiger partial charge in [-0.3, -0.25) is 14.5 Å². The fourth-order valence-electron chi connectivity index (χ4n) is 3.02. The highest BCUT2D eigenvalue weighted by Gasteiger charge is 2.38. The first-order valence-electron chi connectivity index (χ1n) is 9.00. The molecule has 1 unspecified atom stereocenters. The summed E-state index contributed by atoms with van der Waals surface area (Å²) in [5.74, 6) is -2.15. The average Bonchev–Trinajstić information content (AvgIpc) is 3.28. The molecule has 11 heteroatoms. The van der Waals surface area contributed by atoms with Crippen molar-refractivity contribution in [1.82, 2.24) is 30.4 Å². The van der Waals surface area contributed by atoms with Gasteiger partial charge in [0, 0.05) is 17.3 Å². The lowest BCUT2D eigenvalue weighted by Gasteiger charge is -2.31. The minimum Gasteiger partial charge on any atom is -0.336 e. The highest BCUT2D eigenvalue weighted by atomic mass is 35.5. The van der Waals surface area contributed by atoms with Gasteiger partial charge in [0.25, 0.3) is 0 Å². The minimum atomic E-state index is -1.05. The van der Waals surface area contributed by atoms with E-state index in [-0.39, 0.29) is 13.1 Å². The van der Waals surface area contributed by atoms with Crippen LogP contribution in [0.4, 0.5) is 10.5 Å². The highest BCUT2D eigenvalue weighted by molar-refractivity contribution is 6.31. The Hall–Kier alpha value is -3.79. The van der Waals surface area contributed by atoms with Gasteiger partial charge in [0.15, 0.2) is 0 Å². The van der Waals surface area contributed by atoms with E-state index >= 15 is 0 Å². The second kappa shape index (κ2) is 8.29. The zero-order valence-corrected chi connectivity index (χ0v) is 16.3. The lowest BCUT2D eigenvalue weighted by atomic mass is 10.0. The molecule has 1 aromatic heterocycles. The lowest BCUT2D eigenvalue weighted by molar-refractivity contribution is -0.139. The van der Waals surface area contributed by atoms with E-state index in [1.165, 1.54) is 11.0 Å². The number of hydrogen-bond acceptors (Lipinski definition) is 6. The number of amides is 4. The molecule has 4 amide bonds. The van der Waals surface area contributed by atoms with Crippen molar-refractivity contribution in [1.29, 1.82) is 0 Å². The van der Waals surface area contributed by atoms with Crippen molar-refractivity contribution in [3.63, 3.8) is 0 Å². The predicted octanol–water partition coefficient (Wildman–Crippen LogP) is 1.62. The van der Waals surface area contributed by atoms with Gasteiger partial charge in [0.1, 0.15) is 12.2 Å². The molecule has 152 valence electrons. The molecular weight excluding hydrogens is 410 g/mol. The summed E-state index contributed by atoms with van der Waals surface area (Å²) in [4.78, 5) is 38.7. The van der Waals surface area contributed by atoms with Crippen LogP contribution in [-0.4, -0.2) is 49.5 Å². The van der Waals surface area contributed by atoms with Crippen molar-refractivity contribution in [2.24, 2.45) is 5.92 Å². The number of rotatable bonds is 5. The third kappa shape index (κ3) is 3.98. The van der Waals surface area contributed by atoms with Gasteiger partial charge >= 0.3 is 6.03 Å². The molecule has 0 bridgehead atoms. The fraction of sp³-hybridized carbons (Fsp3) is 0.158. The van der Waals surface area contributed by atoms with Crippen molar-refractivity contribution >= 4 is 35.1 Å². The van der Waals surface area contributed by atoms with Crippen LogP contribution in [0.1, 0.15) is 5.56 Å². The summed E-state index contributed by atoms with van der Waals surface area (Å²) in [6.07, 6.45) is 1.45. The number of anilines is 1. The molecule has 0 spiro atoms. The Balaban J connectivity index is 1.45. The van der Waals surface area contributed by atoms with Gasteiger partial charge in [0.05, 0.1) is 12.2 Å². The zero-order chi connectivity index (χ0) is 21.1. The van der Waals surface area contributed by atoms with Crippen LogP contribution in [0, 0.1) is 5.92 Å². The van der Waals surface area contributed by atoms with Gasteiger partial charge in [-0.2, -0.15) is 0 Å². The fourth-order valence-corrected chi connectivity index (χ4v) is 3.21. The van der Waals surface area contributed by atoms with Crippen molar-refractivity contribution in [2.45, 2.75) is 6.54 Å². The molecule has 2 aromatic carbocycles. The van der Waals surface area contributed by atoms with Gasteiger partial charge in [-0.05, 0) is 46.3 Å². The number of nitrogens with zero attached hydrogens (tertiary/aromatic N) is 5. The van der Waals surface area contributed by atoms with E-state index in [9.17, 15) is 14.4 Å². The van der Waals surface area contributed by atoms with E-state index in [0.717, 1.165) is 4.90 Å². The first-order chi connectivity index (χ1) is 14.5. The number of carbonyl (C=O) groups excluding carboxylic acids is 3. The largest absolute Gasteiger partial charge is 0.336 e. The number of aromatic nitrogens is 4. The number of hydrogen-bond donors (Lipinski definition) is 2. The lowest BCUT2D eigenvalue weighted by Crippen LogP contribution is -2.57. The number of nitrogens with one attached hydrogen (secondary N) is 2. The third-order valence-corrected chi connectivity index (χ3v) is 4.99. The normalized spacial score (nSPS) is 16.3. The van der Waals surface area contributed by atoms with E-state index in [2.05, 4.69) is 26.2 Å². The van der Waals surface area contributed by atoms with Crippen LogP contribution in [0.3, 0.4) is 0 Å². The zero-order valence-electron chi connectivity index (χ0n) is 15.5. The van der Waals surface area contributed by atoms with E-state index in [0.29, 0.717) is 22.0 Å². The standard InChI is InChI=1S/C19H16ClN7O3/c20-16-4-2-1-3-12(16)10-26-18(29)15(9-21-19(26)30)17(28)23-13-5-7-14(8-6-13)27-11-22-24-25-27/h1-8,11,15H,9-10H2,(H,21,30)(H,23,28). The number of imide groups is 1. The van der Waals surface area contributed by atoms with Crippen LogP contribution < -0.4 is 10.6 Å². The van der Waals surface area contributed by atoms with E-state index < -0.39 is 23.8 Å². The molecule has 0 saturated carbocycles. The second-order valence-corrected chi connectivity index (χ2v) is 6.95. The first-order valence-corrected chi connectivity index (χ1v) is 9.37. The number of carbonyl (C=O) groups is 3. The predicted molar refractivity (Wildman–Crippen MR) is 107 cm³/mol. The van der Waals surface area contributed by atoms with Crippen LogP contribution in [0.15, 0.2) is 54.9 Å². The molecule has 4 rings (SSSR count). The highest BCUT2D eigenvalue weighted by Crippen LogP contribution is 2.21. The number of tetrazole rings is 1. The van der Waals surface area contributed by atoms with Crippen LogP contribution in [0.25, 0.3) is 5.69 Å². The van der Waals surface area contributed by atoms with Crippen molar-refractivity contribution in [3.05, 3.63) is 65.4 Å². The molecule has 3 aromatic rings. The van der Waals surface area contributed by atoms with Crippen LogP contribution in [0.2, 0.25) is 5.02 Å². The Labute approximate surface area is 175 Å². The third-order valence-electron chi connectivity index (χ3n) is 4.62. The van der Waals surface area contributed by atoms with Crippen LogP contribution >= 0.6 is 11.6 Å². The Kier molecular flexibility index (Phi) is 5.40. The first kappa shape index (κ1) is 19.5. The summed E-state index contributed by atoms with van der Waals surface area (Å²) >= 11 is 6.13. The summed E-state index contributed by atoms with van der Waals surface area (Å²) in [6, 6.07) is 13.1. The van der Waals surface area contributed by atoms with E-state index in [4.69, 9.17) is 11.6 Å². The molecule has 10 nitrogen and oxygen atoms in total. The molecule has 1 aliphatic rings. The maximum Gasteiger partial charge on any atom is 0.324 e. The minimum absolute atomic E-state index is 0.0191. The van der Waals surface area contributed by atoms with Gasteiger partial charge in [-0.1, -0.05) is 29.8 Å². The molecule has 30 heavy (non-hydrogen) atoms. The van der Waals surface area contributed by atoms with Gasteiger partial charge in [-0.25, -0.2) is 9.48 Å². The monoisotopic (exact) mass is 425 g/mol. The van der Waals surface area contributed by atoms with E-state index in [1.54, 1.807) is 48.5 Å². The van der Waals surface area contributed by atoms with Crippen LogP contribution in [0.5, 0.6) is 0 Å².